The monoisotopic (exact) mass is 207 g/mol. The van der Waals surface area contributed by atoms with Gasteiger partial charge in [-0.25, -0.2) is 0 Å². The fourth-order valence-corrected chi connectivity index (χ4v) is 1.74. The van der Waals surface area contributed by atoms with E-state index in [0.717, 1.165) is 18.6 Å². The van der Waals surface area contributed by atoms with E-state index in [0.29, 0.717) is 5.92 Å². The van der Waals surface area contributed by atoms with Gasteiger partial charge in [-0.2, -0.15) is 0 Å². The standard InChI is InChI=1S/C13H21NO/c1-10(8-9-11(2)14)12-6-4-5-7-13(12)15-3/h4-7,10-11H,8-9,14H2,1-3H3. The van der Waals surface area contributed by atoms with E-state index in [1.807, 2.05) is 12.1 Å². The van der Waals surface area contributed by atoms with Crippen LogP contribution in [0.25, 0.3) is 0 Å². The third-order valence-corrected chi connectivity index (χ3v) is 2.72. The van der Waals surface area contributed by atoms with Gasteiger partial charge in [-0.3, -0.25) is 0 Å². The molecule has 15 heavy (non-hydrogen) atoms. The van der Waals surface area contributed by atoms with Crippen LogP contribution in [0.5, 0.6) is 5.75 Å². The topological polar surface area (TPSA) is 35.2 Å². The van der Waals surface area contributed by atoms with E-state index in [4.69, 9.17) is 10.5 Å². The van der Waals surface area contributed by atoms with Crippen LogP contribution in [-0.2, 0) is 0 Å². The van der Waals surface area contributed by atoms with E-state index in [1.54, 1.807) is 7.11 Å². The van der Waals surface area contributed by atoms with Gasteiger partial charge in [0.1, 0.15) is 5.75 Å². The van der Waals surface area contributed by atoms with Crippen molar-refractivity contribution in [1.82, 2.24) is 0 Å². The van der Waals surface area contributed by atoms with Gasteiger partial charge < -0.3 is 10.5 Å². The normalized spacial score (nSPS) is 14.7. The van der Waals surface area contributed by atoms with Crippen LogP contribution in [0.3, 0.4) is 0 Å². The summed E-state index contributed by atoms with van der Waals surface area (Å²) in [5.74, 6) is 1.49. The summed E-state index contributed by atoms with van der Waals surface area (Å²) in [5, 5.41) is 0. The molecule has 0 radical (unpaired) electrons. The molecule has 0 aliphatic heterocycles. The highest BCUT2D eigenvalue weighted by molar-refractivity contribution is 5.35. The molecule has 1 aromatic carbocycles. The maximum absolute atomic E-state index is 5.76. The zero-order valence-electron chi connectivity index (χ0n) is 9.86. The van der Waals surface area contributed by atoms with Gasteiger partial charge in [-0.1, -0.05) is 25.1 Å². The highest BCUT2D eigenvalue weighted by atomic mass is 16.5. The minimum atomic E-state index is 0.280. The van der Waals surface area contributed by atoms with Crippen molar-refractivity contribution in [2.75, 3.05) is 7.11 Å². The van der Waals surface area contributed by atoms with Crippen LogP contribution in [0.15, 0.2) is 24.3 Å². The smallest absolute Gasteiger partial charge is 0.122 e. The number of rotatable bonds is 5. The van der Waals surface area contributed by atoms with E-state index in [1.165, 1.54) is 5.56 Å². The lowest BCUT2D eigenvalue weighted by atomic mass is 9.94. The van der Waals surface area contributed by atoms with E-state index in [2.05, 4.69) is 26.0 Å². The third-order valence-electron chi connectivity index (χ3n) is 2.72. The summed E-state index contributed by atoms with van der Waals surface area (Å²) >= 11 is 0. The highest BCUT2D eigenvalue weighted by Crippen LogP contribution is 2.29. The fourth-order valence-electron chi connectivity index (χ4n) is 1.74. The van der Waals surface area contributed by atoms with Gasteiger partial charge in [0.15, 0.2) is 0 Å². The zero-order valence-corrected chi connectivity index (χ0v) is 9.86. The molecule has 0 aliphatic rings. The van der Waals surface area contributed by atoms with Gasteiger partial charge in [0.25, 0.3) is 0 Å². The van der Waals surface area contributed by atoms with Gasteiger partial charge in [0.05, 0.1) is 7.11 Å². The van der Waals surface area contributed by atoms with Crippen LogP contribution >= 0.6 is 0 Å². The first-order valence-corrected chi connectivity index (χ1v) is 5.53. The van der Waals surface area contributed by atoms with Crippen LogP contribution in [0.1, 0.15) is 38.2 Å². The number of benzene rings is 1. The Kier molecular flexibility index (Phi) is 4.63. The first-order valence-electron chi connectivity index (χ1n) is 5.53. The van der Waals surface area contributed by atoms with Crippen molar-refractivity contribution in [2.24, 2.45) is 5.73 Å². The first-order chi connectivity index (χ1) is 7.15. The van der Waals surface area contributed by atoms with E-state index >= 15 is 0 Å². The lowest BCUT2D eigenvalue weighted by Crippen LogP contribution is -2.15. The average molecular weight is 207 g/mol. The molecule has 0 aliphatic carbocycles. The second-order valence-electron chi connectivity index (χ2n) is 4.20. The zero-order chi connectivity index (χ0) is 11.3. The Morgan fingerprint density at radius 1 is 1.20 bits per heavy atom. The largest absolute Gasteiger partial charge is 0.496 e. The Morgan fingerprint density at radius 3 is 2.47 bits per heavy atom. The van der Waals surface area contributed by atoms with Gasteiger partial charge in [0, 0.05) is 6.04 Å². The highest BCUT2D eigenvalue weighted by Gasteiger charge is 2.10. The van der Waals surface area contributed by atoms with E-state index in [-0.39, 0.29) is 6.04 Å². The predicted molar refractivity (Wildman–Crippen MR) is 64.3 cm³/mol. The maximum Gasteiger partial charge on any atom is 0.122 e. The van der Waals surface area contributed by atoms with Crippen LogP contribution in [0.4, 0.5) is 0 Å². The molecular weight excluding hydrogens is 186 g/mol. The first kappa shape index (κ1) is 12.1. The molecule has 2 nitrogen and oxygen atoms in total. The van der Waals surface area contributed by atoms with Crippen molar-refractivity contribution in [1.29, 1.82) is 0 Å². The summed E-state index contributed by atoms with van der Waals surface area (Å²) in [6.07, 6.45) is 2.16. The van der Waals surface area contributed by atoms with Gasteiger partial charge in [-0.15, -0.1) is 0 Å². The summed E-state index contributed by atoms with van der Waals surface area (Å²) in [5.41, 5.74) is 7.04. The number of hydrogen-bond donors (Lipinski definition) is 1. The minimum Gasteiger partial charge on any atom is -0.496 e. The van der Waals surface area contributed by atoms with Crippen molar-refractivity contribution in [2.45, 2.75) is 38.6 Å². The summed E-state index contributed by atoms with van der Waals surface area (Å²) in [4.78, 5) is 0. The van der Waals surface area contributed by atoms with Crippen molar-refractivity contribution >= 4 is 0 Å². The molecule has 2 N–H and O–H groups in total. The van der Waals surface area contributed by atoms with Crippen LogP contribution in [0.2, 0.25) is 0 Å². The Hall–Kier alpha value is -1.02. The number of para-hydroxylation sites is 1. The minimum absolute atomic E-state index is 0.280. The lowest BCUT2D eigenvalue weighted by Gasteiger charge is -2.16. The van der Waals surface area contributed by atoms with Gasteiger partial charge >= 0.3 is 0 Å². The predicted octanol–water partition coefficient (Wildman–Crippen LogP) is 2.93. The molecule has 0 aromatic heterocycles. The van der Waals surface area contributed by atoms with E-state index < -0.39 is 0 Å². The summed E-state index contributed by atoms with van der Waals surface area (Å²) < 4.78 is 5.34. The Labute approximate surface area is 92.4 Å². The maximum atomic E-state index is 5.76. The average Bonchev–Trinajstić information content (AvgIpc) is 2.25. The molecule has 0 saturated heterocycles. The van der Waals surface area contributed by atoms with Crippen molar-refractivity contribution in [3.05, 3.63) is 29.8 Å². The molecule has 2 unspecified atom stereocenters. The van der Waals surface area contributed by atoms with Crippen LogP contribution in [0, 0.1) is 0 Å². The Morgan fingerprint density at radius 2 is 1.87 bits per heavy atom. The molecule has 0 spiro atoms. The molecule has 0 fully saturated rings. The second-order valence-corrected chi connectivity index (χ2v) is 4.20. The van der Waals surface area contributed by atoms with Crippen LogP contribution < -0.4 is 10.5 Å². The molecule has 1 rings (SSSR count). The Balaban J connectivity index is 2.68. The number of hydrogen-bond acceptors (Lipinski definition) is 2. The molecule has 2 atom stereocenters. The summed E-state index contributed by atoms with van der Waals surface area (Å²) in [6, 6.07) is 8.48. The Bertz CT molecular complexity index is 296. The summed E-state index contributed by atoms with van der Waals surface area (Å²) in [6.45, 7) is 4.27. The van der Waals surface area contributed by atoms with Gasteiger partial charge in [0.2, 0.25) is 0 Å². The molecule has 0 amide bonds. The molecule has 0 bridgehead atoms. The van der Waals surface area contributed by atoms with Crippen LogP contribution in [-0.4, -0.2) is 13.2 Å². The van der Waals surface area contributed by atoms with Gasteiger partial charge in [-0.05, 0) is 37.3 Å². The summed E-state index contributed by atoms with van der Waals surface area (Å²) in [7, 11) is 1.72. The van der Waals surface area contributed by atoms with Crippen molar-refractivity contribution in [3.8, 4) is 5.75 Å². The van der Waals surface area contributed by atoms with Crippen molar-refractivity contribution in [3.63, 3.8) is 0 Å². The molecule has 2 heteroatoms. The second kappa shape index (κ2) is 5.76. The third kappa shape index (κ3) is 3.56. The number of nitrogens with two attached hydrogens (primary N) is 1. The fraction of sp³-hybridized carbons (Fsp3) is 0.538. The molecule has 84 valence electrons. The quantitative estimate of drug-likeness (QED) is 0.805. The number of ether oxygens (including phenoxy) is 1. The SMILES string of the molecule is COc1ccccc1C(C)CCC(C)N. The number of methoxy groups -OCH3 is 1. The molecular formula is C13H21NO. The molecule has 0 heterocycles. The molecule has 0 saturated carbocycles. The van der Waals surface area contributed by atoms with Crippen molar-refractivity contribution < 1.29 is 4.74 Å². The molecule has 1 aromatic rings. The van der Waals surface area contributed by atoms with E-state index in [9.17, 15) is 0 Å². The lowest BCUT2D eigenvalue weighted by molar-refractivity contribution is 0.404.